The molecular weight excluding hydrogens is 622 g/mol. The fourth-order valence-corrected chi connectivity index (χ4v) is 5.47. The highest BCUT2D eigenvalue weighted by molar-refractivity contribution is 5.72. The lowest BCUT2D eigenvalue weighted by Crippen LogP contribution is -2.45. The highest BCUT2D eigenvalue weighted by Gasteiger charge is 2.46. The molecule has 0 radical (unpaired) electrons. The first-order valence-corrected chi connectivity index (χ1v) is 16.7. The molecule has 0 aliphatic carbocycles. The Balaban J connectivity index is 1.36. The van der Waals surface area contributed by atoms with Gasteiger partial charge in [0.2, 0.25) is 11.6 Å². The summed E-state index contributed by atoms with van der Waals surface area (Å²) < 4.78 is 110. The van der Waals surface area contributed by atoms with Crippen molar-refractivity contribution in [3.8, 4) is 33.8 Å². The first-order valence-electron chi connectivity index (χ1n) is 16.7. The van der Waals surface area contributed by atoms with E-state index in [1.165, 1.54) is 55.7 Å². The normalized spacial score (nSPS) is 16.8. The molecule has 1 fully saturated rings. The quantitative estimate of drug-likeness (QED) is 0.100. The van der Waals surface area contributed by atoms with Crippen molar-refractivity contribution >= 4 is 0 Å². The highest BCUT2D eigenvalue weighted by atomic mass is 19.3. The van der Waals surface area contributed by atoms with E-state index in [1.807, 2.05) is 6.92 Å². The van der Waals surface area contributed by atoms with Crippen LogP contribution in [-0.2, 0) is 9.47 Å². The third-order valence-electron chi connectivity index (χ3n) is 8.34. The summed E-state index contributed by atoms with van der Waals surface area (Å²) in [6.07, 6.45) is 6.45. The van der Waals surface area contributed by atoms with Gasteiger partial charge in [-0.15, -0.1) is 0 Å². The maximum Gasteiger partial charge on any atom is 0.405 e. The molecule has 10 heteroatoms. The monoisotopic (exact) mass is 666 g/mol. The summed E-state index contributed by atoms with van der Waals surface area (Å²) in [6.45, 7) is 3.78. The molecule has 0 N–H and O–H groups in total. The highest BCUT2D eigenvalue weighted by Crippen LogP contribution is 2.37. The van der Waals surface area contributed by atoms with Gasteiger partial charge in [-0.1, -0.05) is 89.5 Å². The molecule has 1 saturated heterocycles. The van der Waals surface area contributed by atoms with E-state index in [-0.39, 0.29) is 42.3 Å². The summed E-state index contributed by atoms with van der Waals surface area (Å²) in [7, 11) is 0. The second-order valence-electron chi connectivity index (χ2n) is 12.0. The Hall–Kier alpha value is -3.24. The number of unbranched alkanes of at least 4 members (excludes halogenated alkanes) is 8. The molecule has 0 amide bonds. The molecule has 0 saturated carbocycles. The van der Waals surface area contributed by atoms with E-state index in [0.717, 1.165) is 57.1 Å². The molecule has 3 aromatic carbocycles. The van der Waals surface area contributed by atoms with Gasteiger partial charge < -0.3 is 18.9 Å². The Morgan fingerprint density at radius 3 is 1.68 bits per heavy atom. The minimum Gasteiger partial charge on any atom is -0.490 e. The van der Waals surface area contributed by atoms with Crippen LogP contribution in [0, 0.1) is 29.2 Å². The molecule has 1 aliphatic rings. The van der Waals surface area contributed by atoms with Gasteiger partial charge >= 0.3 is 6.11 Å². The molecule has 0 atom stereocenters. The van der Waals surface area contributed by atoms with Crippen LogP contribution in [0.15, 0.2) is 48.5 Å². The number of alkyl halides is 2. The number of halogens is 6. The van der Waals surface area contributed by atoms with Gasteiger partial charge in [-0.3, -0.25) is 0 Å². The van der Waals surface area contributed by atoms with Gasteiger partial charge in [-0.25, -0.2) is 8.78 Å². The van der Waals surface area contributed by atoms with Gasteiger partial charge in [0.15, 0.2) is 29.4 Å². The molecule has 1 heterocycles. The van der Waals surface area contributed by atoms with E-state index in [0.29, 0.717) is 12.0 Å². The maximum atomic E-state index is 15.1. The van der Waals surface area contributed by atoms with Crippen molar-refractivity contribution in [3.63, 3.8) is 0 Å². The number of benzene rings is 3. The van der Waals surface area contributed by atoms with Gasteiger partial charge in [0.05, 0.1) is 19.8 Å². The van der Waals surface area contributed by atoms with Crippen LogP contribution in [0.3, 0.4) is 0 Å². The summed E-state index contributed by atoms with van der Waals surface area (Å²) in [5.41, 5.74) is 0.249. The Kier molecular flexibility index (Phi) is 13.8. The topological polar surface area (TPSA) is 36.9 Å². The van der Waals surface area contributed by atoms with Gasteiger partial charge in [-0.2, -0.15) is 17.6 Å². The zero-order chi connectivity index (χ0) is 33.8. The first-order chi connectivity index (χ1) is 22.7. The van der Waals surface area contributed by atoms with Gasteiger partial charge in [0, 0.05) is 11.1 Å². The third-order valence-corrected chi connectivity index (χ3v) is 8.34. The second-order valence-corrected chi connectivity index (χ2v) is 12.0. The van der Waals surface area contributed by atoms with Crippen molar-refractivity contribution in [2.45, 2.75) is 96.9 Å². The van der Waals surface area contributed by atoms with Crippen molar-refractivity contribution in [1.29, 1.82) is 0 Å². The molecule has 0 bridgehead atoms. The van der Waals surface area contributed by atoms with E-state index >= 15 is 4.39 Å². The van der Waals surface area contributed by atoms with E-state index in [1.54, 1.807) is 0 Å². The van der Waals surface area contributed by atoms with E-state index in [4.69, 9.17) is 14.2 Å². The van der Waals surface area contributed by atoms with Gasteiger partial charge in [0.1, 0.15) is 5.92 Å². The second kappa shape index (κ2) is 17.8. The third kappa shape index (κ3) is 9.89. The largest absolute Gasteiger partial charge is 0.490 e. The molecule has 258 valence electrons. The van der Waals surface area contributed by atoms with E-state index in [2.05, 4.69) is 11.7 Å². The Bertz CT molecular complexity index is 1410. The molecule has 0 unspecified atom stereocenters. The summed E-state index contributed by atoms with van der Waals surface area (Å²) >= 11 is 0. The van der Waals surface area contributed by atoms with Crippen LogP contribution in [0.1, 0.15) is 84.5 Å². The van der Waals surface area contributed by atoms with Gasteiger partial charge in [-0.05, 0) is 54.7 Å². The Morgan fingerprint density at radius 1 is 0.617 bits per heavy atom. The molecule has 0 spiro atoms. The molecular formula is C37H44F6O4. The van der Waals surface area contributed by atoms with Crippen LogP contribution < -0.4 is 9.47 Å². The number of rotatable bonds is 18. The predicted molar refractivity (Wildman–Crippen MR) is 170 cm³/mol. The fraction of sp³-hybridized carbons (Fsp3) is 0.514. The standard InChI is InChI=1S/C37H44F6O4/c1-3-5-7-8-9-10-12-22-44-30-20-18-28(33(38)35(30)40)25-14-16-26(17-15-25)29-19-21-31(36(41)34(29)39)47-37(42,43)27-23-45-32(46-24-27)13-11-6-4-2/h14-21,27,32H,3-13,22-24H2,1-2H3. The zero-order valence-corrected chi connectivity index (χ0v) is 27.1. The minimum absolute atomic E-state index is 0.0297. The van der Waals surface area contributed by atoms with Crippen LogP contribution >= 0.6 is 0 Å². The van der Waals surface area contributed by atoms with Crippen LogP contribution in [-0.4, -0.2) is 32.2 Å². The van der Waals surface area contributed by atoms with Gasteiger partial charge in [0.25, 0.3) is 0 Å². The summed E-state index contributed by atoms with van der Waals surface area (Å²) in [5, 5.41) is 0. The smallest absolute Gasteiger partial charge is 0.405 e. The number of ether oxygens (including phenoxy) is 4. The molecule has 4 nitrogen and oxygen atoms in total. The Labute approximate surface area is 273 Å². The lowest BCUT2D eigenvalue weighted by molar-refractivity contribution is -0.291. The molecule has 0 aromatic heterocycles. The van der Waals surface area contributed by atoms with Crippen molar-refractivity contribution in [3.05, 3.63) is 71.8 Å². The summed E-state index contributed by atoms with van der Waals surface area (Å²) in [6, 6.07) is 10.5. The average molecular weight is 667 g/mol. The van der Waals surface area contributed by atoms with E-state index < -0.39 is 47.3 Å². The van der Waals surface area contributed by atoms with E-state index in [9.17, 15) is 22.0 Å². The minimum atomic E-state index is -3.88. The number of hydrogen-bond acceptors (Lipinski definition) is 4. The molecule has 4 rings (SSSR count). The summed E-state index contributed by atoms with van der Waals surface area (Å²) in [4.78, 5) is 0. The SMILES string of the molecule is CCCCCCCCCOc1ccc(-c2ccc(-c3ccc(OC(F)(F)C4COC(CCCCC)OC4)c(F)c3F)cc2)c(F)c1F. The molecule has 3 aromatic rings. The number of hydrogen-bond donors (Lipinski definition) is 0. The fourth-order valence-electron chi connectivity index (χ4n) is 5.47. The lowest BCUT2D eigenvalue weighted by atomic mass is 9.99. The van der Waals surface area contributed by atoms with Crippen LogP contribution in [0.5, 0.6) is 11.5 Å². The maximum absolute atomic E-state index is 15.1. The van der Waals surface area contributed by atoms with Crippen LogP contribution in [0.2, 0.25) is 0 Å². The molecule has 1 aliphatic heterocycles. The average Bonchev–Trinajstić information content (AvgIpc) is 3.07. The van der Waals surface area contributed by atoms with Crippen molar-refractivity contribution in [2.75, 3.05) is 19.8 Å². The van der Waals surface area contributed by atoms with Crippen LogP contribution in [0.25, 0.3) is 22.3 Å². The lowest BCUT2D eigenvalue weighted by Gasteiger charge is -2.33. The van der Waals surface area contributed by atoms with Crippen LogP contribution in [0.4, 0.5) is 26.3 Å². The zero-order valence-electron chi connectivity index (χ0n) is 27.1. The molecule has 47 heavy (non-hydrogen) atoms. The van der Waals surface area contributed by atoms with Crippen molar-refractivity contribution < 1.29 is 45.3 Å². The first kappa shape index (κ1) is 36.6. The Morgan fingerprint density at radius 2 is 1.11 bits per heavy atom. The summed E-state index contributed by atoms with van der Waals surface area (Å²) in [5.74, 6) is -7.79. The van der Waals surface area contributed by atoms with Crippen molar-refractivity contribution in [2.24, 2.45) is 5.92 Å². The van der Waals surface area contributed by atoms with Crippen molar-refractivity contribution in [1.82, 2.24) is 0 Å². The predicted octanol–water partition coefficient (Wildman–Crippen LogP) is 11.2.